The van der Waals surface area contributed by atoms with E-state index in [0.29, 0.717) is 40.7 Å². The molecule has 0 fully saturated rings. The summed E-state index contributed by atoms with van der Waals surface area (Å²) in [6.07, 6.45) is 2.21. The SMILES string of the molecule is CC(C)c1ccc2c(Nc3cc(C(=O)NCCc4ccc(Cl)cc4)ccc3Sc3ccc(N)cc3)ncnc2n1. The number of carbonyl (C=O) groups is 1. The number of nitrogens with zero attached hydrogens (tertiary/aromatic N) is 3. The van der Waals surface area contributed by atoms with Crippen molar-refractivity contribution in [1.29, 1.82) is 0 Å². The number of halogens is 1. The standard InChI is InChI=1S/C31H29ClN6OS/c1-19(2)26-13-12-25-29(37-26)35-18-36-30(25)38-27-17-21(5-14-28(27)40-24-10-8-23(33)9-11-24)31(39)34-16-15-20-3-6-22(32)7-4-20/h3-14,17-19H,15-16,33H2,1-2H3,(H,34,39)(H,35,36,37,38). The highest BCUT2D eigenvalue weighted by Crippen LogP contribution is 2.36. The van der Waals surface area contributed by atoms with Gasteiger partial charge in [0.05, 0.1) is 11.1 Å². The lowest BCUT2D eigenvalue weighted by atomic mass is 10.1. The van der Waals surface area contributed by atoms with E-state index < -0.39 is 0 Å². The molecule has 202 valence electrons. The molecule has 5 rings (SSSR count). The normalized spacial score (nSPS) is 11.1. The van der Waals surface area contributed by atoms with E-state index in [1.165, 1.54) is 6.33 Å². The molecule has 0 aliphatic rings. The number of aromatic nitrogens is 3. The molecule has 0 spiro atoms. The highest BCUT2D eigenvalue weighted by atomic mass is 35.5. The summed E-state index contributed by atoms with van der Waals surface area (Å²) in [5.74, 6) is 0.748. The molecular formula is C31H29ClN6OS. The van der Waals surface area contributed by atoms with Gasteiger partial charge in [0.15, 0.2) is 5.65 Å². The molecule has 0 aliphatic heterocycles. The molecule has 2 aromatic heterocycles. The number of nitrogens with two attached hydrogens (primary N) is 1. The summed E-state index contributed by atoms with van der Waals surface area (Å²) in [7, 11) is 0. The van der Waals surface area contributed by atoms with E-state index in [4.69, 9.17) is 22.3 Å². The Bertz CT molecular complexity index is 1640. The zero-order chi connectivity index (χ0) is 28.1. The van der Waals surface area contributed by atoms with Crippen molar-refractivity contribution in [3.8, 4) is 0 Å². The Hall–Kier alpha value is -4.14. The van der Waals surface area contributed by atoms with Gasteiger partial charge >= 0.3 is 0 Å². The van der Waals surface area contributed by atoms with Crippen molar-refractivity contribution in [3.63, 3.8) is 0 Å². The number of anilines is 3. The lowest BCUT2D eigenvalue weighted by Crippen LogP contribution is -2.25. The van der Waals surface area contributed by atoms with E-state index in [1.54, 1.807) is 11.8 Å². The van der Waals surface area contributed by atoms with Crippen LogP contribution in [0.4, 0.5) is 17.2 Å². The maximum absolute atomic E-state index is 13.1. The largest absolute Gasteiger partial charge is 0.399 e. The molecule has 0 atom stereocenters. The second-order valence-electron chi connectivity index (χ2n) is 9.62. The molecule has 0 saturated heterocycles. The number of fused-ring (bicyclic) bond motifs is 1. The molecule has 2 heterocycles. The van der Waals surface area contributed by atoms with E-state index in [2.05, 4.69) is 34.4 Å². The number of pyridine rings is 1. The van der Waals surface area contributed by atoms with Crippen LogP contribution in [0.25, 0.3) is 11.0 Å². The Kier molecular flexibility index (Phi) is 8.48. The molecule has 0 radical (unpaired) electrons. The van der Waals surface area contributed by atoms with Crippen molar-refractivity contribution in [2.75, 3.05) is 17.6 Å². The monoisotopic (exact) mass is 568 g/mol. The third kappa shape index (κ3) is 6.70. The highest BCUT2D eigenvalue weighted by molar-refractivity contribution is 7.99. The Morgan fingerprint density at radius 2 is 1.75 bits per heavy atom. The third-order valence-electron chi connectivity index (χ3n) is 6.33. The van der Waals surface area contributed by atoms with Gasteiger partial charge in [0.2, 0.25) is 0 Å². The second-order valence-corrected chi connectivity index (χ2v) is 11.2. The second kappa shape index (κ2) is 12.4. The molecular weight excluding hydrogens is 540 g/mol. The molecule has 5 aromatic rings. The molecule has 0 unspecified atom stereocenters. The van der Waals surface area contributed by atoms with Gasteiger partial charge in [-0.25, -0.2) is 15.0 Å². The van der Waals surface area contributed by atoms with Gasteiger partial charge in [-0.05, 0) is 84.6 Å². The number of hydrogen-bond donors (Lipinski definition) is 3. The van der Waals surface area contributed by atoms with E-state index in [0.717, 1.165) is 32.1 Å². The average molecular weight is 569 g/mol. The van der Waals surface area contributed by atoms with Crippen LogP contribution in [0.5, 0.6) is 0 Å². The first-order valence-electron chi connectivity index (χ1n) is 12.9. The molecule has 1 amide bonds. The van der Waals surface area contributed by atoms with Crippen LogP contribution in [0.15, 0.2) is 95.0 Å². The fourth-order valence-electron chi connectivity index (χ4n) is 4.10. The summed E-state index contributed by atoms with van der Waals surface area (Å²) in [5, 5.41) is 7.96. The van der Waals surface area contributed by atoms with Crippen molar-refractivity contribution in [2.45, 2.75) is 36.0 Å². The van der Waals surface area contributed by atoms with Crippen molar-refractivity contribution >= 4 is 57.5 Å². The lowest BCUT2D eigenvalue weighted by Gasteiger charge is -2.15. The molecule has 0 aliphatic carbocycles. The van der Waals surface area contributed by atoms with Gasteiger partial charge in [-0.1, -0.05) is 49.3 Å². The highest BCUT2D eigenvalue weighted by Gasteiger charge is 2.14. The summed E-state index contributed by atoms with van der Waals surface area (Å²) >= 11 is 7.55. The van der Waals surface area contributed by atoms with E-state index in [9.17, 15) is 4.79 Å². The van der Waals surface area contributed by atoms with Crippen LogP contribution >= 0.6 is 23.4 Å². The van der Waals surface area contributed by atoms with Crippen LogP contribution < -0.4 is 16.4 Å². The van der Waals surface area contributed by atoms with Gasteiger partial charge in [0.25, 0.3) is 5.91 Å². The van der Waals surface area contributed by atoms with Crippen molar-refractivity contribution < 1.29 is 4.79 Å². The molecule has 3 aromatic carbocycles. The van der Waals surface area contributed by atoms with Gasteiger partial charge in [0.1, 0.15) is 12.1 Å². The smallest absolute Gasteiger partial charge is 0.251 e. The summed E-state index contributed by atoms with van der Waals surface area (Å²) in [6.45, 7) is 4.70. The molecule has 7 nitrogen and oxygen atoms in total. The van der Waals surface area contributed by atoms with Gasteiger partial charge in [0, 0.05) is 38.3 Å². The first-order valence-corrected chi connectivity index (χ1v) is 14.1. The Balaban J connectivity index is 1.42. The minimum Gasteiger partial charge on any atom is -0.399 e. The molecule has 9 heteroatoms. The first-order chi connectivity index (χ1) is 19.4. The first kappa shape index (κ1) is 27.4. The third-order valence-corrected chi connectivity index (χ3v) is 7.66. The molecule has 40 heavy (non-hydrogen) atoms. The summed E-state index contributed by atoms with van der Waals surface area (Å²) in [5.41, 5.74) is 10.6. The Morgan fingerprint density at radius 1 is 0.975 bits per heavy atom. The van der Waals surface area contributed by atoms with Crippen LogP contribution in [0.3, 0.4) is 0 Å². The van der Waals surface area contributed by atoms with Crippen LogP contribution in [-0.2, 0) is 6.42 Å². The van der Waals surface area contributed by atoms with Crippen molar-refractivity contribution in [1.82, 2.24) is 20.3 Å². The summed E-state index contributed by atoms with van der Waals surface area (Å²) in [6, 6.07) is 24.9. The minimum atomic E-state index is -0.156. The number of benzene rings is 3. The Morgan fingerprint density at radius 3 is 2.50 bits per heavy atom. The summed E-state index contributed by atoms with van der Waals surface area (Å²) < 4.78 is 0. The zero-order valence-electron chi connectivity index (χ0n) is 22.2. The maximum Gasteiger partial charge on any atom is 0.251 e. The van der Waals surface area contributed by atoms with Gasteiger partial charge in [-0.15, -0.1) is 0 Å². The number of rotatable bonds is 9. The van der Waals surface area contributed by atoms with Crippen LogP contribution in [0.2, 0.25) is 5.02 Å². The van der Waals surface area contributed by atoms with E-state index in [-0.39, 0.29) is 11.8 Å². The predicted molar refractivity (Wildman–Crippen MR) is 164 cm³/mol. The number of amides is 1. The molecule has 0 saturated carbocycles. The minimum absolute atomic E-state index is 0.156. The number of carbonyl (C=O) groups excluding carboxylic acids is 1. The van der Waals surface area contributed by atoms with Crippen LogP contribution in [0, 0.1) is 0 Å². The van der Waals surface area contributed by atoms with Crippen molar-refractivity contribution in [2.24, 2.45) is 0 Å². The average Bonchev–Trinajstić information content (AvgIpc) is 2.96. The summed E-state index contributed by atoms with van der Waals surface area (Å²) in [4.78, 5) is 28.6. The molecule has 0 bridgehead atoms. The molecule has 4 N–H and O–H groups in total. The fourth-order valence-corrected chi connectivity index (χ4v) is 5.11. The van der Waals surface area contributed by atoms with Crippen LogP contribution in [-0.4, -0.2) is 27.4 Å². The lowest BCUT2D eigenvalue weighted by molar-refractivity contribution is 0.0954. The van der Waals surface area contributed by atoms with Gasteiger partial charge in [-0.3, -0.25) is 4.79 Å². The number of hydrogen-bond acceptors (Lipinski definition) is 7. The van der Waals surface area contributed by atoms with Gasteiger partial charge < -0.3 is 16.4 Å². The zero-order valence-corrected chi connectivity index (χ0v) is 23.8. The topological polar surface area (TPSA) is 106 Å². The Labute approximate surface area is 242 Å². The van der Waals surface area contributed by atoms with E-state index in [1.807, 2.05) is 78.9 Å². The van der Waals surface area contributed by atoms with E-state index >= 15 is 0 Å². The van der Waals surface area contributed by atoms with Crippen LogP contribution in [0.1, 0.15) is 41.4 Å². The van der Waals surface area contributed by atoms with Gasteiger partial charge in [-0.2, -0.15) is 0 Å². The number of nitrogen functional groups attached to an aromatic ring is 1. The maximum atomic E-state index is 13.1. The predicted octanol–water partition coefficient (Wildman–Crippen LogP) is 7.25. The fraction of sp³-hybridized carbons (Fsp3) is 0.161. The quantitative estimate of drug-likeness (QED) is 0.161. The number of nitrogens with one attached hydrogen (secondary N) is 2. The van der Waals surface area contributed by atoms with Crippen molar-refractivity contribution in [3.05, 3.63) is 107 Å².